The first-order chi connectivity index (χ1) is 13.5. The van der Waals surface area contributed by atoms with Gasteiger partial charge in [-0.05, 0) is 24.6 Å². The molecule has 0 saturated carbocycles. The fourth-order valence-corrected chi connectivity index (χ4v) is 4.13. The first-order valence-electron chi connectivity index (χ1n) is 9.39. The van der Waals surface area contributed by atoms with E-state index >= 15 is 0 Å². The molecule has 0 aliphatic carbocycles. The molecule has 1 aromatic carbocycles. The second-order valence-electron chi connectivity index (χ2n) is 7.52. The van der Waals surface area contributed by atoms with Gasteiger partial charge in [-0.1, -0.05) is 30.3 Å². The third-order valence-corrected chi connectivity index (χ3v) is 5.40. The second kappa shape index (κ2) is 7.48. The summed E-state index contributed by atoms with van der Waals surface area (Å²) in [4.78, 5) is 18.6. The molecule has 2 aromatic rings. The number of aromatic nitrogens is 1. The molecule has 2 saturated heterocycles. The van der Waals surface area contributed by atoms with E-state index in [2.05, 4.69) is 4.98 Å². The first kappa shape index (κ1) is 18.8. The van der Waals surface area contributed by atoms with Crippen LogP contribution in [0.5, 0.6) is 0 Å². The molecular formula is C21H23FN2O4. The number of piperidine rings is 1. The largest absolute Gasteiger partial charge is 0.445 e. The van der Waals surface area contributed by atoms with Crippen molar-refractivity contribution in [2.24, 2.45) is 0 Å². The molecule has 6 nitrogen and oxygen atoms in total. The van der Waals surface area contributed by atoms with Gasteiger partial charge in [0, 0.05) is 18.5 Å². The summed E-state index contributed by atoms with van der Waals surface area (Å²) >= 11 is 0. The third kappa shape index (κ3) is 3.59. The number of amides is 1. The van der Waals surface area contributed by atoms with Crippen LogP contribution < -0.4 is 0 Å². The van der Waals surface area contributed by atoms with Gasteiger partial charge in [0.05, 0.1) is 25.3 Å². The van der Waals surface area contributed by atoms with Gasteiger partial charge in [-0.3, -0.25) is 9.88 Å². The molecule has 0 spiro atoms. The van der Waals surface area contributed by atoms with Gasteiger partial charge < -0.3 is 14.6 Å². The zero-order chi connectivity index (χ0) is 19.7. The number of aryl methyl sites for hydroxylation is 1. The number of morpholine rings is 1. The zero-order valence-electron chi connectivity index (χ0n) is 15.7. The van der Waals surface area contributed by atoms with Crippen LogP contribution in [0.2, 0.25) is 0 Å². The summed E-state index contributed by atoms with van der Waals surface area (Å²) in [5, 5.41) is 11.2. The molecule has 1 N–H and O–H groups in total. The maximum atomic E-state index is 14.4. The standard InChI is InChI=1S/C21H23FN2O4/c1-14-7-8-18(22)19(23-14)21(26)9-16-12-27-13-17(10-21)24(16)20(25)28-11-15-5-3-2-4-6-15/h2-8,16-17,26H,9-13H2,1H3. The normalized spacial score (nSPS) is 26.8. The topological polar surface area (TPSA) is 71.9 Å². The number of aliphatic hydroxyl groups is 1. The number of benzene rings is 1. The molecule has 7 heteroatoms. The van der Waals surface area contributed by atoms with E-state index in [-0.39, 0.29) is 38.4 Å². The molecule has 2 fully saturated rings. The number of ether oxygens (including phenoxy) is 2. The van der Waals surface area contributed by atoms with E-state index < -0.39 is 29.6 Å². The molecule has 1 amide bonds. The summed E-state index contributed by atoms with van der Waals surface area (Å²) in [7, 11) is 0. The maximum Gasteiger partial charge on any atom is 0.410 e. The van der Waals surface area contributed by atoms with Crippen molar-refractivity contribution in [1.82, 2.24) is 9.88 Å². The summed E-state index contributed by atoms with van der Waals surface area (Å²) in [6.45, 7) is 2.47. The Labute approximate surface area is 162 Å². The van der Waals surface area contributed by atoms with Crippen LogP contribution in [-0.4, -0.2) is 46.4 Å². The average Bonchev–Trinajstić information content (AvgIpc) is 2.68. The summed E-state index contributed by atoms with van der Waals surface area (Å²) in [5.74, 6) is -0.535. The van der Waals surface area contributed by atoms with Crippen LogP contribution in [0.25, 0.3) is 0 Å². The van der Waals surface area contributed by atoms with E-state index in [4.69, 9.17) is 9.47 Å². The van der Waals surface area contributed by atoms with E-state index in [0.29, 0.717) is 5.69 Å². The summed E-state index contributed by atoms with van der Waals surface area (Å²) < 4.78 is 25.4. The van der Waals surface area contributed by atoms with Crippen molar-refractivity contribution in [3.8, 4) is 0 Å². The molecule has 2 aliphatic rings. The van der Waals surface area contributed by atoms with Gasteiger partial charge in [-0.25, -0.2) is 9.18 Å². The van der Waals surface area contributed by atoms with Crippen LogP contribution in [0.4, 0.5) is 9.18 Å². The Hall–Kier alpha value is -2.51. The second-order valence-corrected chi connectivity index (χ2v) is 7.52. The average molecular weight is 386 g/mol. The number of halogens is 1. The first-order valence-corrected chi connectivity index (χ1v) is 9.39. The molecule has 3 heterocycles. The van der Waals surface area contributed by atoms with Crippen LogP contribution in [-0.2, 0) is 21.7 Å². The quantitative estimate of drug-likeness (QED) is 0.878. The van der Waals surface area contributed by atoms with Gasteiger partial charge in [0.1, 0.15) is 23.7 Å². The minimum absolute atomic E-state index is 0.0432. The number of nitrogens with zero attached hydrogens (tertiary/aromatic N) is 2. The van der Waals surface area contributed by atoms with Crippen molar-refractivity contribution in [3.05, 3.63) is 65.2 Å². The lowest BCUT2D eigenvalue weighted by Crippen LogP contribution is -2.62. The van der Waals surface area contributed by atoms with Crippen LogP contribution in [0, 0.1) is 12.7 Å². The number of pyridine rings is 1. The number of carbonyl (C=O) groups is 1. The van der Waals surface area contributed by atoms with Gasteiger partial charge >= 0.3 is 6.09 Å². The van der Waals surface area contributed by atoms with Gasteiger partial charge in [-0.15, -0.1) is 0 Å². The predicted molar refractivity (Wildman–Crippen MR) is 98.9 cm³/mol. The monoisotopic (exact) mass is 386 g/mol. The molecule has 148 valence electrons. The molecular weight excluding hydrogens is 363 g/mol. The number of hydrogen-bond acceptors (Lipinski definition) is 5. The van der Waals surface area contributed by atoms with Gasteiger partial charge in [0.2, 0.25) is 0 Å². The van der Waals surface area contributed by atoms with Crippen molar-refractivity contribution in [1.29, 1.82) is 0 Å². The highest BCUT2D eigenvalue weighted by molar-refractivity contribution is 5.69. The molecule has 2 unspecified atom stereocenters. The molecule has 28 heavy (non-hydrogen) atoms. The maximum absolute atomic E-state index is 14.4. The van der Waals surface area contributed by atoms with E-state index in [1.165, 1.54) is 6.07 Å². The molecule has 2 aliphatic heterocycles. The van der Waals surface area contributed by atoms with E-state index in [1.54, 1.807) is 17.9 Å². The SMILES string of the molecule is Cc1ccc(F)c(C2(O)CC3COCC(C2)N3C(=O)OCc2ccccc2)n1. The van der Waals surface area contributed by atoms with Crippen molar-refractivity contribution in [3.63, 3.8) is 0 Å². The third-order valence-electron chi connectivity index (χ3n) is 5.40. The minimum atomic E-state index is -1.44. The number of hydrogen-bond donors (Lipinski definition) is 1. The molecule has 2 bridgehead atoms. The van der Waals surface area contributed by atoms with Gasteiger partial charge in [0.25, 0.3) is 0 Å². The van der Waals surface area contributed by atoms with E-state index in [0.717, 1.165) is 5.56 Å². The van der Waals surface area contributed by atoms with Crippen molar-refractivity contribution < 1.29 is 23.8 Å². The highest BCUT2D eigenvalue weighted by Gasteiger charge is 2.51. The number of carbonyl (C=O) groups excluding carboxylic acids is 1. The van der Waals surface area contributed by atoms with Crippen LogP contribution >= 0.6 is 0 Å². The summed E-state index contributed by atoms with van der Waals surface area (Å²) in [6, 6.07) is 11.5. The van der Waals surface area contributed by atoms with Gasteiger partial charge in [-0.2, -0.15) is 0 Å². The lowest BCUT2D eigenvalue weighted by atomic mass is 9.79. The summed E-state index contributed by atoms with van der Waals surface area (Å²) in [5.41, 5.74) is 0.139. The molecule has 4 rings (SSSR count). The Morgan fingerprint density at radius 3 is 2.61 bits per heavy atom. The van der Waals surface area contributed by atoms with Crippen molar-refractivity contribution >= 4 is 6.09 Å². The van der Waals surface area contributed by atoms with Crippen molar-refractivity contribution in [2.75, 3.05) is 13.2 Å². The number of fused-ring (bicyclic) bond motifs is 2. The van der Waals surface area contributed by atoms with Gasteiger partial charge in [0.15, 0.2) is 0 Å². The highest BCUT2D eigenvalue weighted by Crippen LogP contribution is 2.41. The summed E-state index contributed by atoms with van der Waals surface area (Å²) in [6.07, 6.45) is -0.142. The number of rotatable bonds is 3. The van der Waals surface area contributed by atoms with Crippen LogP contribution in [0.3, 0.4) is 0 Å². The zero-order valence-corrected chi connectivity index (χ0v) is 15.7. The predicted octanol–water partition coefficient (Wildman–Crippen LogP) is 2.92. The lowest BCUT2D eigenvalue weighted by Gasteiger charge is -2.50. The van der Waals surface area contributed by atoms with E-state index in [1.807, 2.05) is 30.3 Å². The minimum Gasteiger partial charge on any atom is -0.445 e. The Morgan fingerprint density at radius 1 is 1.25 bits per heavy atom. The fourth-order valence-electron chi connectivity index (χ4n) is 4.13. The van der Waals surface area contributed by atoms with E-state index in [9.17, 15) is 14.3 Å². The van der Waals surface area contributed by atoms with Crippen LogP contribution in [0.1, 0.15) is 29.8 Å². The molecule has 2 atom stereocenters. The van der Waals surface area contributed by atoms with Crippen LogP contribution in [0.15, 0.2) is 42.5 Å². The smallest absolute Gasteiger partial charge is 0.410 e. The van der Waals surface area contributed by atoms with Crippen molar-refractivity contribution in [2.45, 2.75) is 44.1 Å². The Morgan fingerprint density at radius 2 is 1.93 bits per heavy atom. The Balaban J connectivity index is 1.52. The lowest BCUT2D eigenvalue weighted by molar-refractivity contribution is -0.139. The Kier molecular flexibility index (Phi) is 5.03. The molecule has 1 aromatic heterocycles. The molecule has 0 radical (unpaired) electrons. The Bertz CT molecular complexity index is 847. The fraction of sp³-hybridized carbons (Fsp3) is 0.429. The highest BCUT2D eigenvalue weighted by atomic mass is 19.1.